The molecule has 0 aromatic heterocycles. The second-order valence-electron chi connectivity index (χ2n) is 3.12. The molecule has 1 heterocycles. The molecule has 2 aliphatic rings. The third-order valence-electron chi connectivity index (χ3n) is 2.21. The van der Waals surface area contributed by atoms with Gasteiger partial charge in [-0.2, -0.15) is 0 Å². The fourth-order valence-electron chi connectivity index (χ4n) is 1.50. The molecule has 3 nitrogen and oxygen atoms in total. The molecule has 0 aromatic carbocycles. The minimum absolute atomic E-state index is 0.335. The summed E-state index contributed by atoms with van der Waals surface area (Å²) in [4.78, 5) is 11.5. The van der Waals surface area contributed by atoms with Crippen LogP contribution in [-0.2, 0) is 9.53 Å². The van der Waals surface area contributed by atoms with Gasteiger partial charge in [0.2, 0.25) is 0 Å². The number of ether oxygens (including phenoxy) is 1. The van der Waals surface area contributed by atoms with Crippen LogP contribution in [0, 0.1) is 0 Å². The maximum absolute atomic E-state index is 11.5. The van der Waals surface area contributed by atoms with E-state index in [9.17, 15) is 4.79 Å². The summed E-state index contributed by atoms with van der Waals surface area (Å²) in [5.41, 5.74) is 2.30. The first-order valence-corrected chi connectivity index (χ1v) is 4.64. The van der Waals surface area contributed by atoms with E-state index in [1.54, 1.807) is 12.3 Å². The van der Waals surface area contributed by atoms with Crippen molar-refractivity contribution < 1.29 is 9.53 Å². The number of hydrogen-bond acceptors (Lipinski definition) is 3. The minimum Gasteiger partial charge on any atom is -0.465 e. The first-order valence-electron chi connectivity index (χ1n) is 4.64. The molecule has 0 radical (unpaired) electrons. The highest BCUT2D eigenvalue weighted by Crippen LogP contribution is 2.21. The second kappa shape index (κ2) is 4.00. The minimum atomic E-state index is -0.335. The van der Waals surface area contributed by atoms with Gasteiger partial charge in [0.05, 0.1) is 18.4 Å². The lowest BCUT2D eigenvalue weighted by atomic mass is 10.1. The fraction of sp³-hybridized carbons (Fsp3) is 0.0833. The lowest BCUT2D eigenvalue weighted by Crippen LogP contribution is -2.16. The first kappa shape index (κ1) is 9.52. The van der Waals surface area contributed by atoms with E-state index >= 15 is 0 Å². The van der Waals surface area contributed by atoms with E-state index in [1.165, 1.54) is 7.11 Å². The number of allylic oxidation sites excluding steroid dienone is 5. The van der Waals surface area contributed by atoms with Gasteiger partial charge in [-0.1, -0.05) is 24.3 Å². The zero-order chi connectivity index (χ0) is 10.7. The van der Waals surface area contributed by atoms with Crippen LogP contribution in [0.25, 0.3) is 0 Å². The zero-order valence-corrected chi connectivity index (χ0v) is 8.36. The van der Waals surface area contributed by atoms with Crippen LogP contribution in [-0.4, -0.2) is 13.1 Å². The van der Waals surface area contributed by atoms with E-state index in [0.717, 1.165) is 11.3 Å². The number of hydrogen-bond donors (Lipinski definition) is 1. The van der Waals surface area contributed by atoms with Gasteiger partial charge in [-0.05, 0) is 17.7 Å². The summed E-state index contributed by atoms with van der Waals surface area (Å²) in [5, 5.41) is 3.05. The highest BCUT2D eigenvalue weighted by atomic mass is 16.5. The average Bonchev–Trinajstić information content (AvgIpc) is 2.50. The van der Waals surface area contributed by atoms with Crippen molar-refractivity contribution in [3.05, 3.63) is 59.5 Å². The van der Waals surface area contributed by atoms with E-state index in [1.807, 2.05) is 30.4 Å². The molecule has 1 aliphatic carbocycles. The van der Waals surface area contributed by atoms with Gasteiger partial charge < -0.3 is 10.1 Å². The Morgan fingerprint density at radius 2 is 2.07 bits per heavy atom. The molecular weight excluding hydrogens is 190 g/mol. The molecular formula is C12H11NO2. The van der Waals surface area contributed by atoms with Gasteiger partial charge in [0, 0.05) is 6.20 Å². The molecule has 0 fully saturated rings. The van der Waals surface area contributed by atoms with Gasteiger partial charge in [0.1, 0.15) is 0 Å². The van der Waals surface area contributed by atoms with E-state index in [0.29, 0.717) is 5.57 Å². The van der Waals surface area contributed by atoms with Crippen LogP contribution in [0.1, 0.15) is 0 Å². The normalized spacial score (nSPS) is 17.8. The van der Waals surface area contributed by atoms with Gasteiger partial charge in [0.25, 0.3) is 0 Å². The molecule has 15 heavy (non-hydrogen) atoms. The number of methoxy groups -OCH3 is 1. The Labute approximate surface area is 88.1 Å². The molecule has 0 atom stereocenters. The molecule has 0 saturated heterocycles. The van der Waals surface area contributed by atoms with Crippen LogP contribution in [0.3, 0.4) is 0 Å². The summed E-state index contributed by atoms with van der Waals surface area (Å²) >= 11 is 0. The van der Waals surface area contributed by atoms with Gasteiger partial charge in [0.15, 0.2) is 0 Å². The summed E-state index contributed by atoms with van der Waals surface area (Å²) in [5.74, 6) is -0.335. The fourth-order valence-corrected chi connectivity index (χ4v) is 1.50. The smallest absolute Gasteiger partial charge is 0.339 e. The van der Waals surface area contributed by atoms with Crippen molar-refractivity contribution in [3.63, 3.8) is 0 Å². The van der Waals surface area contributed by atoms with Gasteiger partial charge >= 0.3 is 5.97 Å². The van der Waals surface area contributed by atoms with Crippen molar-refractivity contribution in [2.45, 2.75) is 0 Å². The molecule has 1 N–H and O–H groups in total. The molecule has 1 aliphatic heterocycles. The second-order valence-corrected chi connectivity index (χ2v) is 3.12. The Balaban J connectivity index is 2.50. The van der Waals surface area contributed by atoms with Crippen molar-refractivity contribution in [3.8, 4) is 0 Å². The van der Waals surface area contributed by atoms with E-state index in [2.05, 4.69) is 5.32 Å². The SMILES string of the molecule is COC(=O)C1=C2NC=CC=C2C=CC=C1. The zero-order valence-electron chi connectivity index (χ0n) is 8.36. The lowest BCUT2D eigenvalue weighted by molar-refractivity contribution is -0.135. The molecule has 0 saturated carbocycles. The molecule has 76 valence electrons. The van der Waals surface area contributed by atoms with E-state index in [4.69, 9.17) is 4.74 Å². The largest absolute Gasteiger partial charge is 0.465 e. The standard InChI is InChI=1S/C12H11NO2/c1-15-12(14)10-7-3-2-5-9-6-4-8-13-11(9)10/h2-8,13H,1H3. The van der Waals surface area contributed by atoms with Gasteiger partial charge in [-0.3, -0.25) is 0 Å². The predicted octanol–water partition coefficient (Wildman–Crippen LogP) is 1.58. The van der Waals surface area contributed by atoms with Crippen molar-refractivity contribution in [2.24, 2.45) is 0 Å². The quantitative estimate of drug-likeness (QED) is 0.654. The van der Waals surface area contributed by atoms with Crippen LogP contribution in [0.2, 0.25) is 0 Å². The first-order chi connectivity index (χ1) is 7.33. The summed E-state index contributed by atoms with van der Waals surface area (Å²) in [6, 6.07) is 0. The Hall–Kier alpha value is -2.03. The van der Waals surface area contributed by atoms with Crippen molar-refractivity contribution in [1.82, 2.24) is 5.32 Å². The summed E-state index contributed by atoms with van der Waals surface area (Å²) < 4.78 is 4.73. The number of dihydropyridines is 1. The summed E-state index contributed by atoms with van der Waals surface area (Å²) in [6.07, 6.45) is 13.0. The van der Waals surface area contributed by atoms with Gasteiger partial charge in [-0.25, -0.2) is 4.79 Å². The average molecular weight is 201 g/mol. The third-order valence-corrected chi connectivity index (χ3v) is 2.21. The molecule has 0 aromatic rings. The topological polar surface area (TPSA) is 38.3 Å². The van der Waals surface area contributed by atoms with Crippen molar-refractivity contribution in [1.29, 1.82) is 0 Å². The predicted molar refractivity (Wildman–Crippen MR) is 57.7 cm³/mol. The number of fused-ring (bicyclic) bond motifs is 1. The summed E-state index contributed by atoms with van der Waals surface area (Å²) in [7, 11) is 1.38. The molecule has 0 spiro atoms. The highest BCUT2D eigenvalue weighted by molar-refractivity contribution is 5.94. The third kappa shape index (κ3) is 1.76. The van der Waals surface area contributed by atoms with E-state index < -0.39 is 0 Å². The monoisotopic (exact) mass is 201 g/mol. The maximum Gasteiger partial charge on any atom is 0.339 e. The van der Waals surface area contributed by atoms with Crippen LogP contribution >= 0.6 is 0 Å². The molecule has 0 bridgehead atoms. The van der Waals surface area contributed by atoms with Crippen molar-refractivity contribution >= 4 is 5.97 Å². The highest BCUT2D eigenvalue weighted by Gasteiger charge is 2.17. The summed E-state index contributed by atoms with van der Waals surface area (Å²) in [6.45, 7) is 0. The molecule has 2 rings (SSSR count). The maximum atomic E-state index is 11.5. The number of rotatable bonds is 1. The number of nitrogens with one attached hydrogen (secondary N) is 1. The molecule has 0 unspecified atom stereocenters. The van der Waals surface area contributed by atoms with Crippen LogP contribution < -0.4 is 5.32 Å². The Morgan fingerprint density at radius 3 is 2.87 bits per heavy atom. The lowest BCUT2D eigenvalue weighted by Gasteiger charge is -2.14. The molecule has 0 amide bonds. The molecule has 3 heteroatoms. The van der Waals surface area contributed by atoms with Gasteiger partial charge in [-0.15, -0.1) is 0 Å². The number of carbonyl (C=O) groups excluding carboxylic acids is 1. The number of carbonyl (C=O) groups is 1. The number of esters is 1. The van der Waals surface area contributed by atoms with Crippen molar-refractivity contribution in [2.75, 3.05) is 7.11 Å². The van der Waals surface area contributed by atoms with Crippen LogP contribution in [0.15, 0.2) is 59.5 Å². The Kier molecular flexibility index (Phi) is 2.54. The van der Waals surface area contributed by atoms with E-state index in [-0.39, 0.29) is 5.97 Å². The Bertz CT molecular complexity index is 437. The van der Waals surface area contributed by atoms with Crippen LogP contribution in [0.5, 0.6) is 0 Å². The Morgan fingerprint density at radius 1 is 1.27 bits per heavy atom. The van der Waals surface area contributed by atoms with Crippen LogP contribution in [0.4, 0.5) is 0 Å².